The maximum atomic E-state index is 5.93. The van der Waals surface area contributed by atoms with Gasteiger partial charge in [-0.3, -0.25) is 0 Å². The van der Waals surface area contributed by atoms with Gasteiger partial charge in [-0.25, -0.2) is 0 Å². The van der Waals surface area contributed by atoms with E-state index in [-0.39, 0.29) is 0 Å². The molecule has 0 amide bonds. The molecule has 0 saturated carbocycles. The van der Waals surface area contributed by atoms with Crippen molar-refractivity contribution in [2.45, 2.75) is 64.7 Å². The van der Waals surface area contributed by atoms with Crippen LogP contribution in [0.25, 0.3) is 10.8 Å². The zero-order chi connectivity index (χ0) is 18.5. The molecule has 26 heavy (non-hydrogen) atoms. The predicted molar refractivity (Wildman–Crippen MR) is 116 cm³/mol. The van der Waals surface area contributed by atoms with E-state index in [4.69, 9.17) is 9.47 Å². The lowest BCUT2D eigenvalue weighted by molar-refractivity contribution is 0.304. The lowest BCUT2D eigenvalue weighted by atomic mass is 10.1. The van der Waals surface area contributed by atoms with Crippen LogP contribution in [0, 0.1) is 0 Å². The Morgan fingerprint density at radius 3 is 1.69 bits per heavy atom. The molecule has 0 fully saturated rings. The van der Waals surface area contributed by atoms with Gasteiger partial charge in [-0.05, 0) is 54.3 Å². The van der Waals surface area contributed by atoms with Crippen molar-refractivity contribution >= 4 is 26.7 Å². The molecule has 0 radical (unpaired) electrons. The second-order valence-electron chi connectivity index (χ2n) is 6.89. The lowest BCUT2D eigenvalue weighted by Crippen LogP contribution is -1.98. The largest absolute Gasteiger partial charge is 0.494 e. The van der Waals surface area contributed by atoms with E-state index in [1.807, 2.05) is 0 Å². The maximum Gasteiger partial charge on any atom is 0.119 e. The fourth-order valence-electron chi connectivity index (χ4n) is 3.02. The Morgan fingerprint density at radius 1 is 0.654 bits per heavy atom. The van der Waals surface area contributed by atoms with Gasteiger partial charge in [0.25, 0.3) is 0 Å². The van der Waals surface area contributed by atoms with E-state index >= 15 is 0 Å². The third-order valence-electron chi connectivity index (χ3n) is 4.60. The van der Waals surface area contributed by atoms with Gasteiger partial charge in [-0.15, -0.1) is 0 Å². The van der Waals surface area contributed by atoms with E-state index < -0.39 is 0 Å². The van der Waals surface area contributed by atoms with Crippen LogP contribution < -0.4 is 9.47 Å². The molecular formula is C23H33BrO2. The van der Waals surface area contributed by atoms with Gasteiger partial charge in [0.05, 0.1) is 13.2 Å². The molecule has 0 unspecified atom stereocenters. The highest BCUT2D eigenvalue weighted by molar-refractivity contribution is 9.09. The van der Waals surface area contributed by atoms with Crippen LogP contribution in [0.4, 0.5) is 0 Å². The SMILES string of the molecule is CCCCCOc1ccc2cc(OCCCCCCCCBr)ccc2c1. The molecule has 0 aliphatic rings. The van der Waals surface area contributed by atoms with Gasteiger partial charge in [0.15, 0.2) is 0 Å². The first-order valence-electron chi connectivity index (χ1n) is 10.2. The van der Waals surface area contributed by atoms with Crippen molar-refractivity contribution < 1.29 is 9.47 Å². The Labute approximate surface area is 167 Å². The van der Waals surface area contributed by atoms with Crippen molar-refractivity contribution in [3.05, 3.63) is 36.4 Å². The standard InChI is InChI=1S/C23H33BrO2/c1-2-3-9-16-25-22-13-11-21-19-23(14-12-20(21)18-22)26-17-10-7-5-4-6-8-15-24/h11-14,18-19H,2-10,15-17H2,1H3. The van der Waals surface area contributed by atoms with Gasteiger partial charge in [0.2, 0.25) is 0 Å². The van der Waals surface area contributed by atoms with E-state index in [1.165, 1.54) is 55.7 Å². The Hall–Kier alpha value is -1.22. The second kappa shape index (κ2) is 13.0. The number of halogens is 1. The molecule has 3 heteroatoms. The highest BCUT2D eigenvalue weighted by atomic mass is 79.9. The Kier molecular flexibility index (Phi) is 10.6. The summed E-state index contributed by atoms with van der Waals surface area (Å²) in [5, 5.41) is 3.54. The number of benzene rings is 2. The second-order valence-corrected chi connectivity index (χ2v) is 7.68. The van der Waals surface area contributed by atoms with Crippen molar-refractivity contribution in [3.8, 4) is 11.5 Å². The van der Waals surface area contributed by atoms with Gasteiger partial charge in [-0.2, -0.15) is 0 Å². The molecule has 0 saturated heterocycles. The average Bonchev–Trinajstić information content (AvgIpc) is 2.67. The van der Waals surface area contributed by atoms with Crippen molar-refractivity contribution in [1.82, 2.24) is 0 Å². The normalized spacial score (nSPS) is 11.0. The molecule has 2 nitrogen and oxygen atoms in total. The van der Waals surface area contributed by atoms with Crippen LogP contribution in [0.5, 0.6) is 11.5 Å². The summed E-state index contributed by atoms with van der Waals surface area (Å²) in [6, 6.07) is 12.6. The summed E-state index contributed by atoms with van der Waals surface area (Å²) in [4.78, 5) is 0. The molecule has 2 aromatic carbocycles. The van der Waals surface area contributed by atoms with Crippen LogP contribution in [-0.2, 0) is 0 Å². The van der Waals surface area contributed by atoms with Crippen LogP contribution in [0.15, 0.2) is 36.4 Å². The first-order valence-corrected chi connectivity index (χ1v) is 11.3. The summed E-state index contributed by atoms with van der Waals surface area (Å²) in [7, 11) is 0. The number of alkyl halides is 1. The van der Waals surface area contributed by atoms with E-state index in [9.17, 15) is 0 Å². The number of fused-ring (bicyclic) bond motifs is 1. The highest BCUT2D eigenvalue weighted by Gasteiger charge is 2.01. The van der Waals surface area contributed by atoms with E-state index in [0.717, 1.165) is 42.9 Å². The van der Waals surface area contributed by atoms with Crippen molar-refractivity contribution in [2.24, 2.45) is 0 Å². The van der Waals surface area contributed by atoms with Crippen molar-refractivity contribution in [2.75, 3.05) is 18.5 Å². The Morgan fingerprint density at radius 2 is 1.15 bits per heavy atom. The monoisotopic (exact) mass is 420 g/mol. The van der Waals surface area contributed by atoms with Crippen LogP contribution >= 0.6 is 15.9 Å². The van der Waals surface area contributed by atoms with Crippen LogP contribution in [0.1, 0.15) is 64.7 Å². The van der Waals surface area contributed by atoms with E-state index in [1.54, 1.807) is 0 Å². The number of hydrogen-bond acceptors (Lipinski definition) is 2. The summed E-state index contributed by atoms with van der Waals surface area (Å²) in [6.45, 7) is 3.82. The van der Waals surface area contributed by atoms with Gasteiger partial charge in [0, 0.05) is 5.33 Å². The molecule has 0 bridgehead atoms. The van der Waals surface area contributed by atoms with Crippen LogP contribution in [0.2, 0.25) is 0 Å². The molecular weight excluding hydrogens is 388 g/mol. The van der Waals surface area contributed by atoms with E-state index in [0.29, 0.717) is 0 Å². The third-order valence-corrected chi connectivity index (χ3v) is 5.16. The van der Waals surface area contributed by atoms with Gasteiger partial charge in [0.1, 0.15) is 11.5 Å². The molecule has 0 N–H and O–H groups in total. The van der Waals surface area contributed by atoms with Crippen LogP contribution in [-0.4, -0.2) is 18.5 Å². The average molecular weight is 421 g/mol. The van der Waals surface area contributed by atoms with Gasteiger partial charge in [-0.1, -0.05) is 73.5 Å². The molecule has 144 valence electrons. The number of ether oxygens (including phenoxy) is 2. The molecule has 2 aromatic rings. The summed E-state index contributed by atoms with van der Waals surface area (Å²) in [5.74, 6) is 1.93. The quantitative estimate of drug-likeness (QED) is 0.232. The molecule has 0 aliphatic carbocycles. The molecule has 0 aromatic heterocycles. The minimum absolute atomic E-state index is 0.802. The smallest absolute Gasteiger partial charge is 0.119 e. The maximum absolute atomic E-state index is 5.93. The summed E-state index contributed by atoms with van der Waals surface area (Å²) in [5.41, 5.74) is 0. The molecule has 0 heterocycles. The van der Waals surface area contributed by atoms with Crippen LogP contribution in [0.3, 0.4) is 0 Å². The lowest BCUT2D eigenvalue weighted by Gasteiger charge is -2.09. The first kappa shape index (κ1) is 21.1. The zero-order valence-electron chi connectivity index (χ0n) is 16.1. The molecule has 0 aliphatic heterocycles. The summed E-state index contributed by atoms with van der Waals surface area (Å²) < 4.78 is 11.8. The Bertz CT molecular complexity index is 627. The first-order chi connectivity index (χ1) is 12.8. The zero-order valence-corrected chi connectivity index (χ0v) is 17.7. The Balaban J connectivity index is 1.72. The molecule has 2 rings (SSSR count). The van der Waals surface area contributed by atoms with E-state index in [2.05, 4.69) is 59.3 Å². The predicted octanol–water partition coefficient (Wildman–Crippen LogP) is 7.52. The minimum Gasteiger partial charge on any atom is -0.494 e. The third kappa shape index (κ3) is 7.99. The highest BCUT2D eigenvalue weighted by Crippen LogP contribution is 2.25. The molecule has 0 atom stereocenters. The minimum atomic E-state index is 0.802. The fraction of sp³-hybridized carbons (Fsp3) is 0.565. The molecule has 0 spiro atoms. The van der Waals surface area contributed by atoms with Crippen molar-refractivity contribution in [1.29, 1.82) is 0 Å². The summed E-state index contributed by atoms with van der Waals surface area (Å²) >= 11 is 3.48. The number of hydrogen-bond donors (Lipinski definition) is 0. The van der Waals surface area contributed by atoms with Gasteiger partial charge >= 0.3 is 0 Å². The fourth-order valence-corrected chi connectivity index (χ4v) is 3.41. The summed E-state index contributed by atoms with van der Waals surface area (Å²) in [6.07, 6.45) is 11.2. The van der Waals surface area contributed by atoms with Gasteiger partial charge < -0.3 is 9.47 Å². The van der Waals surface area contributed by atoms with Crippen molar-refractivity contribution in [3.63, 3.8) is 0 Å². The number of unbranched alkanes of at least 4 members (excludes halogenated alkanes) is 7. The number of rotatable bonds is 14. The topological polar surface area (TPSA) is 18.5 Å².